The van der Waals surface area contributed by atoms with Crippen LogP contribution in [0.3, 0.4) is 0 Å². The van der Waals surface area contributed by atoms with Crippen LogP contribution in [0.4, 0.5) is 5.82 Å². The molecule has 3 aliphatic heterocycles. The van der Waals surface area contributed by atoms with Crippen molar-refractivity contribution in [3.8, 4) is 11.4 Å². The molecule has 6 heterocycles. The molecule has 2 fully saturated rings. The van der Waals surface area contributed by atoms with Crippen molar-refractivity contribution in [3.63, 3.8) is 0 Å². The second-order valence-corrected chi connectivity index (χ2v) is 10.5. The van der Waals surface area contributed by atoms with Crippen molar-refractivity contribution in [1.29, 1.82) is 0 Å². The summed E-state index contributed by atoms with van der Waals surface area (Å²) < 4.78 is 6.83. The molecule has 4 aromatic rings. The average molecular weight is 473 g/mol. The highest BCUT2D eigenvalue weighted by molar-refractivity contribution is 7.19. The monoisotopic (exact) mass is 472 g/mol. The van der Waals surface area contributed by atoms with Crippen LogP contribution >= 0.6 is 11.3 Å². The summed E-state index contributed by atoms with van der Waals surface area (Å²) in [5.41, 5.74) is 4.74. The zero-order chi connectivity index (χ0) is 22.5. The molecule has 0 bridgehead atoms. The van der Waals surface area contributed by atoms with E-state index in [4.69, 9.17) is 14.7 Å². The van der Waals surface area contributed by atoms with Crippen molar-refractivity contribution in [1.82, 2.24) is 24.8 Å². The van der Waals surface area contributed by atoms with Gasteiger partial charge in [-0.3, -0.25) is 4.90 Å². The van der Waals surface area contributed by atoms with Gasteiger partial charge in [0.1, 0.15) is 0 Å². The van der Waals surface area contributed by atoms with E-state index in [2.05, 4.69) is 56.1 Å². The van der Waals surface area contributed by atoms with Gasteiger partial charge in [-0.2, -0.15) is 0 Å². The fourth-order valence-corrected chi connectivity index (χ4v) is 6.59. The van der Waals surface area contributed by atoms with Crippen LogP contribution in [0.2, 0.25) is 0 Å². The predicted octanol–water partition coefficient (Wildman–Crippen LogP) is 4.08. The molecule has 1 N–H and O–H groups in total. The predicted molar refractivity (Wildman–Crippen MR) is 137 cm³/mol. The molecular formula is C26H28N6OS. The quantitative estimate of drug-likeness (QED) is 0.483. The molecule has 34 heavy (non-hydrogen) atoms. The summed E-state index contributed by atoms with van der Waals surface area (Å²) in [6, 6.07) is 10.7. The summed E-state index contributed by atoms with van der Waals surface area (Å²) in [5.74, 6) is 1.85. The summed E-state index contributed by atoms with van der Waals surface area (Å²) in [6.45, 7) is 8.69. The zero-order valence-corrected chi connectivity index (χ0v) is 20.0. The molecule has 0 radical (unpaired) electrons. The molecule has 0 atom stereocenters. The lowest BCUT2D eigenvalue weighted by molar-refractivity contribution is 0.122. The molecule has 3 aliphatic rings. The van der Waals surface area contributed by atoms with Crippen LogP contribution in [0.25, 0.3) is 32.5 Å². The summed E-state index contributed by atoms with van der Waals surface area (Å²) in [5, 5.41) is 1.16. The number of hydrogen-bond acceptors (Lipinski definition) is 7. The standard InChI is InChI=1S/C26H28N6OS/c1-4-21(20-6-7-27-22(20)5-1)25-28-23-15-19(17-30-9-10-31-8-2-3-18(31)16-30)34-24(23)26(29-25)32-11-13-33-14-12-32/h1,3-7,15,27H,2,8-14,16-17H2. The Morgan fingerprint density at radius 2 is 1.94 bits per heavy atom. The second kappa shape index (κ2) is 8.37. The SMILES string of the molecule is C1=C2CN(Cc3cc4nc(-c5cccc6[nH]ccc56)nc(N5CCOCC5)c4s3)CCN2CC1. The Morgan fingerprint density at radius 3 is 2.88 bits per heavy atom. The van der Waals surface area contributed by atoms with Crippen LogP contribution in [-0.2, 0) is 11.3 Å². The molecule has 0 spiro atoms. The van der Waals surface area contributed by atoms with Crippen molar-refractivity contribution in [2.45, 2.75) is 13.0 Å². The van der Waals surface area contributed by atoms with E-state index in [0.29, 0.717) is 0 Å². The maximum absolute atomic E-state index is 5.63. The lowest BCUT2D eigenvalue weighted by Crippen LogP contribution is -2.42. The summed E-state index contributed by atoms with van der Waals surface area (Å²) in [7, 11) is 0. The van der Waals surface area contributed by atoms with E-state index in [1.807, 2.05) is 17.5 Å². The molecule has 2 saturated heterocycles. The van der Waals surface area contributed by atoms with E-state index in [1.54, 1.807) is 0 Å². The van der Waals surface area contributed by atoms with E-state index >= 15 is 0 Å². The van der Waals surface area contributed by atoms with Crippen molar-refractivity contribution in [2.24, 2.45) is 0 Å². The van der Waals surface area contributed by atoms with Gasteiger partial charge in [-0.25, -0.2) is 9.97 Å². The summed E-state index contributed by atoms with van der Waals surface area (Å²) in [6.07, 6.45) is 5.59. The van der Waals surface area contributed by atoms with Crippen LogP contribution in [0, 0.1) is 0 Å². The molecule has 0 unspecified atom stereocenters. The van der Waals surface area contributed by atoms with Gasteiger partial charge < -0.3 is 19.5 Å². The number of piperazine rings is 1. The van der Waals surface area contributed by atoms with Crippen LogP contribution in [-0.4, -0.2) is 77.2 Å². The van der Waals surface area contributed by atoms with Gasteiger partial charge >= 0.3 is 0 Å². The molecule has 1 aromatic carbocycles. The maximum atomic E-state index is 5.63. The van der Waals surface area contributed by atoms with E-state index in [-0.39, 0.29) is 0 Å². The van der Waals surface area contributed by atoms with Crippen molar-refractivity contribution >= 4 is 38.3 Å². The van der Waals surface area contributed by atoms with Gasteiger partial charge in [0.25, 0.3) is 0 Å². The fourth-order valence-electron chi connectivity index (χ4n) is 5.44. The van der Waals surface area contributed by atoms with Gasteiger partial charge in [0, 0.05) is 79.1 Å². The number of hydrogen-bond donors (Lipinski definition) is 1. The van der Waals surface area contributed by atoms with E-state index < -0.39 is 0 Å². The van der Waals surface area contributed by atoms with Crippen LogP contribution in [0.1, 0.15) is 11.3 Å². The largest absolute Gasteiger partial charge is 0.378 e. The molecule has 7 nitrogen and oxygen atoms in total. The molecular weight excluding hydrogens is 444 g/mol. The number of benzene rings is 1. The summed E-state index contributed by atoms with van der Waals surface area (Å²) >= 11 is 1.86. The number of nitrogens with one attached hydrogen (secondary N) is 1. The normalized spacial score (nSPS) is 19.2. The van der Waals surface area contributed by atoms with Gasteiger partial charge in [-0.15, -0.1) is 11.3 Å². The number of H-pyrrole nitrogens is 1. The van der Waals surface area contributed by atoms with Crippen LogP contribution in [0.5, 0.6) is 0 Å². The number of fused-ring (bicyclic) bond motifs is 3. The number of aromatic amines is 1. The first-order valence-corrected chi connectivity index (χ1v) is 13.0. The third-order valence-electron chi connectivity index (χ3n) is 7.19. The third kappa shape index (κ3) is 3.57. The Morgan fingerprint density at radius 1 is 1.00 bits per heavy atom. The fraction of sp³-hybridized carbons (Fsp3) is 0.385. The van der Waals surface area contributed by atoms with Gasteiger partial charge in [0.2, 0.25) is 0 Å². The highest BCUT2D eigenvalue weighted by atomic mass is 32.1. The van der Waals surface area contributed by atoms with Crippen molar-refractivity contribution in [2.75, 3.05) is 57.4 Å². The number of ether oxygens (including phenoxy) is 1. The molecule has 0 aliphatic carbocycles. The molecule has 0 amide bonds. The Bertz CT molecular complexity index is 1380. The number of nitrogens with zero attached hydrogens (tertiary/aromatic N) is 5. The van der Waals surface area contributed by atoms with E-state index in [0.717, 1.165) is 86.1 Å². The van der Waals surface area contributed by atoms with Crippen molar-refractivity contribution < 1.29 is 4.74 Å². The lowest BCUT2D eigenvalue weighted by Gasteiger charge is -2.35. The molecule has 0 saturated carbocycles. The van der Waals surface area contributed by atoms with E-state index in [1.165, 1.54) is 28.2 Å². The Labute approximate surface area is 202 Å². The number of thiophene rings is 1. The Hall–Kier alpha value is -2.94. The number of aromatic nitrogens is 3. The number of rotatable bonds is 4. The first-order valence-electron chi connectivity index (χ1n) is 12.2. The highest BCUT2D eigenvalue weighted by Crippen LogP contribution is 2.36. The third-order valence-corrected chi connectivity index (χ3v) is 8.29. The Kier molecular flexibility index (Phi) is 5.03. The molecule has 3 aromatic heterocycles. The minimum atomic E-state index is 0.742. The molecule has 8 heteroatoms. The van der Waals surface area contributed by atoms with Gasteiger partial charge in [0.05, 0.1) is 23.4 Å². The van der Waals surface area contributed by atoms with Crippen molar-refractivity contribution in [3.05, 3.63) is 53.2 Å². The van der Waals surface area contributed by atoms with Crippen LogP contribution < -0.4 is 4.90 Å². The average Bonchev–Trinajstić information content (AvgIpc) is 3.62. The summed E-state index contributed by atoms with van der Waals surface area (Å²) in [4.78, 5) is 22.4. The highest BCUT2D eigenvalue weighted by Gasteiger charge is 2.25. The number of anilines is 1. The first-order chi connectivity index (χ1) is 16.8. The minimum absolute atomic E-state index is 0.742. The lowest BCUT2D eigenvalue weighted by atomic mass is 10.1. The van der Waals surface area contributed by atoms with Gasteiger partial charge in [0.15, 0.2) is 11.6 Å². The molecule has 174 valence electrons. The van der Waals surface area contributed by atoms with Gasteiger partial charge in [-0.05, 0) is 24.6 Å². The minimum Gasteiger partial charge on any atom is -0.378 e. The maximum Gasteiger partial charge on any atom is 0.162 e. The van der Waals surface area contributed by atoms with E-state index in [9.17, 15) is 0 Å². The zero-order valence-electron chi connectivity index (χ0n) is 19.2. The first kappa shape index (κ1) is 20.4. The topological polar surface area (TPSA) is 60.5 Å². The van der Waals surface area contributed by atoms with Crippen LogP contribution in [0.15, 0.2) is 48.3 Å². The number of morpholine rings is 1. The molecule has 7 rings (SSSR count). The second-order valence-electron chi connectivity index (χ2n) is 9.32. The Balaban J connectivity index is 1.29. The van der Waals surface area contributed by atoms with Gasteiger partial charge in [-0.1, -0.05) is 18.2 Å². The smallest absolute Gasteiger partial charge is 0.162 e.